The monoisotopic (exact) mass is 854 g/mol. The van der Waals surface area contributed by atoms with Crippen LogP contribution >= 0.6 is 11.8 Å². The molecule has 0 aliphatic carbocycles. The molecule has 13 nitrogen and oxygen atoms in total. The van der Waals surface area contributed by atoms with Crippen molar-refractivity contribution in [2.24, 2.45) is 28.2 Å². The van der Waals surface area contributed by atoms with E-state index in [0.717, 1.165) is 17.0 Å². The zero-order chi connectivity index (χ0) is 44.6. The standard InChI is InChI=1S/C46H71N5O8S/c1-13-28(3)39-44(56)51-21-15-14-16-36(51)45(57)59-38(46(7,8)9)23-27(2)22-37(52)30(5)41-47-33(26-60-41)24-29(4)40(53)48-35(25-32-17-19-34(58-12)20-18-32)43(55)49(10)31(6)42(54)50(39)11/h17-20,24,27-28,30-31,33,35-39,52H,13-16,21-23,25-26H2,1-12H3,(H,48,53)/b29-24+/t27-,28+,30+,31-,33-,35-,36-,37-,38+,39?/m0/s1. The molecule has 1 aromatic carbocycles. The van der Waals surface area contributed by atoms with Gasteiger partial charge in [-0.05, 0) is 80.9 Å². The van der Waals surface area contributed by atoms with E-state index in [1.807, 2.05) is 53.7 Å². The van der Waals surface area contributed by atoms with Gasteiger partial charge in [-0.3, -0.25) is 24.2 Å². The van der Waals surface area contributed by atoms with E-state index in [9.17, 15) is 29.1 Å². The van der Waals surface area contributed by atoms with Crippen molar-refractivity contribution >= 4 is 46.4 Å². The number of fused-ring (bicyclic) bond motifs is 2. The number of benzene rings is 1. The number of esters is 1. The van der Waals surface area contributed by atoms with Crippen LogP contribution in [0.4, 0.5) is 0 Å². The number of aliphatic hydroxyl groups is 1. The van der Waals surface area contributed by atoms with Gasteiger partial charge in [-0.2, -0.15) is 0 Å². The lowest BCUT2D eigenvalue weighted by atomic mass is 9.81. The Morgan fingerprint density at radius 2 is 1.65 bits per heavy atom. The van der Waals surface area contributed by atoms with E-state index in [4.69, 9.17) is 14.5 Å². The molecule has 14 heteroatoms. The highest BCUT2D eigenvalue weighted by atomic mass is 32.2. The molecule has 0 spiro atoms. The Morgan fingerprint density at radius 3 is 2.27 bits per heavy atom. The molecule has 0 radical (unpaired) electrons. The van der Waals surface area contributed by atoms with Gasteiger partial charge in [-0.1, -0.05) is 73.1 Å². The predicted molar refractivity (Wildman–Crippen MR) is 237 cm³/mol. The number of methoxy groups -OCH3 is 1. The Morgan fingerprint density at radius 1 is 0.983 bits per heavy atom. The van der Waals surface area contributed by atoms with Crippen molar-refractivity contribution in [3.8, 4) is 5.75 Å². The quantitative estimate of drug-likeness (QED) is 0.357. The van der Waals surface area contributed by atoms with Crippen LogP contribution in [0.3, 0.4) is 0 Å². The molecule has 10 atom stereocenters. The molecular formula is C46H71N5O8S. The van der Waals surface area contributed by atoms with Crippen molar-refractivity contribution in [1.82, 2.24) is 20.0 Å². The highest BCUT2D eigenvalue weighted by Gasteiger charge is 2.44. The molecular weight excluding hydrogens is 783 g/mol. The first-order chi connectivity index (χ1) is 28.2. The van der Waals surface area contributed by atoms with Crippen molar-refractivity contribution in [2.45, 2.75) is 150 Å². The summed E-state index contributed by atoms with van der Waals surface area (Å²) in [7, 11) is 4.69. The lowest BCUT2D eigenvalue weighted by molar-refractivity contribution is -0.169. The molecule has 0 aromatic heterocycles. The normalized spacial score (nSPS) is 31.5. The van der Waals surface area contributed by atoms with Crippen LogP contribution in [0, 0.1) is 23.2 Å². The number of piperidine rings is 1. The number of thioether (sulfide) groups is 1. The molecule has 2 N–H and O–H groups in total. The summed E-state index contributed by atoms with van der Waals surface area (Å²) in [5, 5.41) is 15.2. The summed E-state index contributed by atoms with van der Waals surface area (Å²) in [5.41, 5.74) is 0.756. The van der Waals surface area contributed by atoms with Gasteiger partial charge in [0.2, 0.25) is 23.6 Å². The van der Waals surface area contributed by atoms with E-state index < -0.39 is 65.5 Å². The molecule has 4 amide bonds. The van der Waals surface area contributed by atoms with Gasteiger partial charge in [0.1, 0.15) is 36.0 Å². The average Bonchev–Trinajstić information content (AvgIpc) is 3.69. The molecule has 1 unspecified atom stereocenters. The third-order valence-corrected chi connectivity index (χ3v) is 14.0. The maximum atomic E-state index is 14.7. The summed E-state index contributed by atoms with van der Waals surface area (Å²) in [4.78, 5) is 80.9. The fourth-order valence-corrected chi connectivity index (χ4v) is 9.42. The zero-order valence-corrected chi connectivity index (χ0v) is 38.8. The summed E-state index contributed by atoms with van der Waals surface area (Å²) in [6.45, 7) is 17.6. The van der Waals surface area contributed by atoms with Crippen LogP contribution in [0.15, 0.2) is 40.9 Å². The molecule has 3 aliphatic rings. The average molecular weight is 854 g/mol. The lowest BCUT2D eigenvalue weighted by Gasteiger charge is -2.42. The maximum Gasteiger partial charge on any atom is 0.329 e. The minimum atomic E-state index is -1.03. The number of nitrogens with zero attached hydrogens (tertiary/aromatic N) is 4. The van der Waals surface area contributed by atoms with Gasteiger partial charge in [0.15, 0.2) is 0 Å². The number of aliphatic hydroxyl groups excluding tert-OH is 1. The predicted octanol–water partition coefficient (Wildman–Crippen LogP) is 5.67. The molecule has 3 aliphatic heterocycles. The number of hydrogen-bond acceptors (Lipinski definition) is 10. The second-order valence-electron chi connectivity index (χ2n) is 18.4. The summed E-state index contributed by atoms with van der Waals surface area (Å²) in [6, 6.07) is 3.18. The van der Waals surface area contributed by atoms with Gasteiger partial charge in [0.05, 0.1) is 24.3 Å². The number of hydrogen-bond donors (Lipinski definition) is 2. The number of ether oxygens (including phenoxy) is 2. The van der Waals surface area contributed by atoms with Gasteiger partial charge in [0.25, 0.3) is 0 Å². The van der Waals surface area contributed by atoms with Crippen LogP contribution in [-0.2, 0) is 35.1 Å². The third kappa shape index (κ3) is 12.1. The van der Waals surface area contributed by atoms with E-state index in [1.165, 1.54) is 16.8 Å². The van der Waals surface area contributed by atoms with Gasteiger partial charge >= 0.3 is 5.97 Å². The van der Waals surface area contributed by atoms with Gasteiger partial charge < -0.3 is 34.6 Å². The highest BCUT2D eigenvalue weighted by Crippen LogP contribution is 2.34. The van der Waals surface area contributed by atoms with E-state index in [-0.39, 0.29) is 36.1 Å². The fraction of sp³-hybridized carbons (Fsp3) is 0.696. The second kappa shape index (κ2) is 21.3. The number of cyclic esters (lactones) is 1. The Balaban J connectivity index is 1.76. The number of carbonyl (C=O) groups excluding carboxylic acids is 5. The second-order valence-corrected chi connectivity index (χ2v) is 19.5. The summed E-state index contributed by atoms with van der Waals surface area (Å²) in [6.07, 6.45) is 4.25. The number of amides is 4. The van der Waals surface area contributed by atoms with Crippen molar-refractivity contribution < 1.29 is 38.6 Å². The first kappa shape index (κ1) is 48.8. The largest absolute Gasteiger partial charge is 0.497 e. The van der Waals surface area contributed by atoms with Crippen molar-refractivity contribution in [3.05, 3.63) is 41.5 Å². The Kier molecular flexibility index (Phi) is 17.3. The SMILES string of the molecule is CC[C@@H](C)C1C(=O)N2CCCC[C@H]2C(=O)O[C@@H](C(C)(C)C)C[C@@H](C)C[C@H](O)[C@@H](C)C2=N[C@@H](/C=C(\C)C(=O)N[C@@H](Cc3ccc(OC)cc3)C(=O)N(C)[C@@H](C)C(=O)N1C)CS2. The van der Waals surface area contributed by atoms with E-state index in [0.29, 0.717) is 55.7 Å². The Bertz CT molecular complexity index is 1740. The molecule has 1 saturated heterocycles. The summed E-state index contributed by atoms with van der Waals surface area (Å²) < 4.78 is 11.7. The molecule has 4 rings (SSSR count). The molecule has 0 saturated carbocycles. The highest BCUT2D eigenvalue weighted by molar-refractivity contribution is 8.14. The van der Waals surface area contributed by atoms with Crippen molar-refractivity contribution in [1.29, 1.82) is 0 Å². The van der Waals surface area contributed by atoms with E-state index in [1.54, 1.807) is 62.9 Å². The van der Waals surface area contributed by atoms with Crippen LogP contribution in [0.5, 0.6) is 5.75 Å². The van der Waals surface area contributed by atoms with Gasteiger partial charge in [-0.25, -0.2) is 4.79 Å². The minimum Gasteiger partial charge on any atom is -0.497 e. The van der Waals surface area contributed by atoms with Gasteiger partial charge in [0, 0.05) is 44.3 Å². The summed E-state index contributed by atoms with van der Waals surface area (Å²) >= 11 is 1.56. The number of nitrogens with one attached hydrogen (secondary N) is 1. The van der Waals surface area contributed by atoms with Gasteiger partial charge in [-0.15, -0.1) is 11.8 Å². The van der Waals surface area contributed by atoms with Crippen molar-refractivity contribution in [3.63, 3.8) is 0 Å². The van der Waals surface area contributed by atoms with Crippen LogP contribution in [0.1, 0.15) is 106 Å². The number of aliphatic imine (C=N–C) groups is 1. The maximum absolute atomic E-state index is 14.7. The Hall–Kier alpha value is -3.91. The molecule has 334 valence electrons. The topological polar surface area (TPSA) is 158 Å². The number of likely N-dealkylation sites (N-methyl/N-ethyl adjacent to an activating group) is 2. The van der Waals surface area contributed by atoms with E-state index >= 15 is 0 Å². The van der Waals surface area contributed by atoms with Crippen LogP contribution in [0.2, 0.25) is 0 Å². The molecule has 1 aromatic rings. The van der Waals surface area contributed by atoms with Crippen LogP contribution in [0.25, 0.3) is 0 Å². The zero-order valence-electron chi connectivity index (χ0n) is 38.0. The van der Waals surface area contributed by atoms with Crippen LogP contribution < -0.4 is 10.1 Å². The third-order valence-electron chi connectivity index (χ3n) is 12.7. The first-order valence-corrected chi connectivity index (χ1v) is 22.7. The first-order valence-electron chi connectivity index (χ1n) is 21.7. The minimum absolute atomic E-state index is 0.00480. The number of carbonyl (C=O) groups is 5. The fourth-order valence-electron chi connectivity index (χ4n) is 8.28. The Labute approximate surface area is 362 Å². The number of rotatable bonds is 5. The molecule has 60 heavy (non-hydrogen) atoms. The van der Waals surface area contributed by atoms with Crippen LogP contribution in [-0.4, -0.2) is 130 Å². The lowest BCUT2D eigenvalue weighted by Crippen LogP contribution is -2.61. The molecule has 2 bridgehead atoms. The van der Waals surface area contributed by atoms with Crippen molar-refractivity contribution in [2.75, 3.05) is 33.5 Å². The summed E-state index contributed by atoms with van der Waals surface area (Å²) in [5.74, 6) is -1.40. The van der Waals surface area contributed by atoms with E-state index in [2.05, 4.69) is 12.2 Å². The smallest absolute Gasteiger partial charge is 0.329 e. The molecule has 1 fully saturated rings. The molecule has 3 heterocycles.